The molecular formula is C18H15BrN2O4. The van der Waals surface area contributed by atoms with Crippen molar-refractivity contribution in [1.29, 1.82) is 0 Å². The van der Waals surface area contributed by atoms with Gasteiger partial charge >= 0.3 is 5.97 Å². The molecule has 3 aromatic rings. The quantitative estimate of drug-likeness (QED) is 0.468. The molecule has 6 nitrogen and oxygen atoms in total. The summed E-state index contributed by atoms with van der Waals surface area (Å²) in [6, 6.07) is 14.4. The number of ether oxygens (including phenoxy) is 2. The summed E-state index contributed by atoms with van der Waals surface area (Å²) in [5.41, 5.74) is 0.326. The number of para-hydroxylation sites is 1. The minimum atomic E-state index is -0.517. The number of halogens is 1. The molecule has 0 saturated heterocycles. The second-order valence-corrected chi connectivity index (χ2v) is 6.14. The van der Waals surface area contributed by atoms with Gasteiger partial charge in [-0.15, -0.1) is 0 Å². The Morgan fingerprint density at radius 3 is 2.80 bits per heavy atom. The highest BCUT2D eigenvalue weighted by molar-refractivity contribution is 9.10. The summed E-state index contributed by atoms with van der Waals surface area (Å²) in [6.07, 6.45) is 1.35. The van der Waals surface area contributed by atoms with E-state index < -0.39 is 5.97 Å². The van der Waals surface area contributed by atoms with E-state index >= 15 is 0 Å². The predicted octanol–water partition coefficient (Wildman–Crippen LogP) is 2.78. The van der Waals surface area contributed by atoms with Gasteiger partial charge in [-0.05, 0) is 30.3 Å². The first-order valence-electron chi connectivity index (χ1n) is 7.61. The number of esters is 1. The lowest BCUT2D eigenvalue weighted by Gasteiger charge is -2.09. The lowest BCUT2D eigenvalue weighted by Crippen LogP contribution is -2.26. The van der Waals surface area contributed by atoms with E-state index in [4.69, 9.17) is 9.47 Å². The van der Waals surface area contributed by atoms with Crippen molar-refractivity contribution in [3.05, 3.63) is 69.7 Å². The summed E-state index contributed by atoms with van der Waals surface area (Å²) in [7, 11) is 0. The Hall–Kier alpha value is -2.67. The third-order valence-electron chi connectivity index (χ3n) is 3.44. The Morgan fingerprint density at radius 1 is 1.12 bits per heavy atom. The molecular weight excluding hydrogens is 388 g/mol. The molecule has 0 aliphatic rings. The maximum Gasteiger partial charge on any atom is 0.326 e. The fourth-order valence-electron chi connectivity index (χ4n) is 2.28. The van der Waals surface area contributed by atoms with Gasteiger partial charge in [0.1, 0.15) is 25.5 Å². The number of benzene rings is 2. The van der Waals surface area contributed by atoms with Gasteiger partial charge in [-0.3, -0.25) is 14.2 Å². The molecule has 7 heteroatoms. The van der Waals surface area contributed by atoms with Crippen molar-refractivity contribution in [2.45, 2.75) is 6.54 Å². The van der Waals surface area contributed by atoms with Gasteiger partial charge in [0.05, 0.1) is 17.2 Å². The first-order chi connectivity index (χ1) is 12.1. The summed E-state index contributed by atoms with van der Waals surface area (Å²) in [5, 5.41) is 0.468. The minimum Gasteiger partial charge on any atom is -0.490 e. The molecule has 0 N–H and O–H groups in total. The van der Waals surface area contributed by atoms with Crippen LogP contribution in [0.25, 0.3) is 10.9 Å². The lowest BCUT2D eigenvalue weighted by molar-refractivity contribution is -0.145. The molecule has 0 fully saturated rings. The molecule has 0 aliphatic carbocycles. The number of rotatable bonds is 6. The first-order valence-corrected chi connectivity index (χ1v) is 8.41. The van der Waals surface area contributed by atoms with Crippen LogP contribution in [0.3, 0.4) is 0 Å². The summed E-state index contributed by atoms with van der Waals surface area (Å²) in [4.78, 5) is 28.4. The van der Waals surface area contributed by atoms with Crippen molar-refractivity contribution in [2.24, 2.45) is 0 Å². The Morgan fingerprint density at radius 2 is 1.96 bits per heavy atom. The van der Waals surface area contributed by atoms with Crippen LogP contribution >= 0.6 is 15.9 Å². The average Bonchev–Trinajstić information content (AvgIpc) is 2.61. The van der Waals surface area contributed by atoms with E-state index in [9.17, 15) is 9.59 Å². The normalized spacial score (nSPS) is 10.6. The fourth-order valence-corrected chi connectivity index (χ4v) is 2.65. The number of aromatic nitrogens is 2. The third kappa shape index (κ3) is 4.45. The highest BCUT2D eigenvalue weighted by atomic mass is 79.9. The molecule has 0 radical (unpaired) electrons. The van der Waals surface area contributed by atoms with Gasteiger partial charge in [0, 0.05) is 4.47 Å². The zero-order chi connectivity index (χ0) is 17.6. The van der Waals surface area contributed by atoms with Crippen LogP contribution in [-0.2, 0) is 16.1 Å². The lowest BCUT2D eigenvalue weighted by atomic mass is 10.2. The van der Waals surface area contributed by atoms with Crippen molar-refractivity contribution >= 4 is 32.8 Å². The van der Waals surface area contributed by atoms with E-state index in [1.165, 1.54) is 10.9 Å². The van der Waals surface area contributed by atoms with Gasteiger partial charge in [-0.1, -0.05) is 34.1 Å². The summed E-state index contributed by atoms with van der Waals surface area (Å²) < 4.78 is 12.7. The van der Waals surface area contributed by atoms with Crippen molar-refractivity contribution in [3.8, 4) is 5.75 Å². The molecule has 0 amide bonds. The van der Waals surface area contributed by atoms with Crippen LogP contribution in [0.5, 0.6) is 5.75 Å². The summed E-state index contributed by atoms with van der Waals surface area (Å²) in [5.74, 6) is 0.164. The number of hydrogen-bond donors (Lipinski definition) is 0. The molecule has 2 aromatic carbocycles. The van der Waals surface area contributed by atoms with Crippen molar-refractivity contribution < 1.29 is 14.3 Å². The molecule has 0 spiro atoms. The van der Waals surface area contributed by atoms with Gasteiger partial charge in [0.25, 0.3) is 5.56 Å². The maximum atomic E-state index is 12.3. The monoisotopic (exact) mass is 402 g/mol. The zero-order valence-electron chi connectivity index (χ0n) is 13.2. The van der Waals surface area contributed by atoms with Crippen LogP contribution in [-0.4, -0.2) is 28.7 Å². The number of nitrogens with zero attached hydrogens (tertiary/aromatic N) is 2. The number of carbonyl (C=O) groups excluding carboxylic acids is 1. The Balaban J connectivity index is 1.53. The standard InChI is InChI=1S/C18H15BrN2O4/c19-13-4-3-5-14(10-13)24-8-9-25-17(22)11-21-12-20-16-7-2-1-6-15(16)18(21)23/h1-7,10,12H,8-9,11H2. The van der Waals surface area contributed by atoms with Crippen molar-refractivity contribution in [1.82, 2.24) is 9.55 Å². The van der Waals surface area contributed by atoms with Gasteiger partial charge in [0.15, 0.2) is 0 Å². The molecule has 128 valence electrons. The summed E-state index contributed by atoms with van der Waals surface area (Å²) in [6.45, 7) is 0.141. The van der Waals surface area contributed by atoms with Gasteiger partial charge < -0.3 is 9.47 Å². The van der Waals surface area contributed by atoms with Crippen molar-refractivity contribution in [2.75, 3.05) is 13.2 Å². The first kappa shape index (κ1) is 17.2. The van der Waals surface area contributed by atoms with E-state index in [2.05, 4.69) is 20.9 Å². The fraction of sp³-hybridized carbons (Fsp3) is 0.167. The highest BCUT2D eigenvalue weighted by Gasteiger charge is 2.09. The van der Waals surface area contributed by atoms with Gasteiger partial charge in [-0.2, -0.15) is 0 Å². The largest absolute Gasteiger partial charge is 0.490 e. The molecule has 1 aromatic heterocycles. The van der Waals surface area contributed by atoms with Crippen LogP contribution in [0.1, 0.15) is 0 Å². The molecule has 0 bridgehead atoms. The average molecular weight is 403 g/mol. The Kier molecular flexibility index (Phi) is 5.45. The van der Waals surface area contributed by atoms with Gasteiger partial charge in [0.2, 0.25) is 0 Å². The van der Waals surface area contributed by atoms with Crippen LogP contribution in [0.4, 0.5) is 0 Å². The predicted molar refractivity (Wildman–Crippen MR) is 96.6 cm³/mol. The Labute approximate surface area is 152 Å². The topological polar surface area (TPSA) is 70.4 Å². The van der Waals surface area contributed by atoms with E-state index in [-0.39, 0.29) is 25.3 Å². The van der Waals surface area contributed by atoms with Crippen LogP contribution < -0.4 is 10.3 Å². The second kappa shape index (κ2) is 7.94. The molecule has 0 unspecified atom stereocenters. The van der Waals surface area contributed by atoms with Crippen LogP contribution in [0.2, 0.25) is 0 Å². The molecule has 0 aliphatic heterocycles. The SMILES string of the molecule is O=C(Cn1cnc2ccccc2c1=O)OCCOc1cccc(Br)c1. The van der Waals surface area contributed by atoms with Crippen molar-refractivity contribution in [3.63, 3.8) is 0 Å². The molecule has 1 heterocycles. The van der Waals surface area contributed by atoms with E-state index in [1.54, 1.807) is 24.3 Å². The number of hydrogen-bond acceptors (Lipinski definition) is 5. The van der Waals surface area contributed by atoms with E-state index in [0.717, 1.165) is 4.47 Å². The Bertz CT molecular complexity index is 955. The van der Waals surface area contributed by atoms with E-state index in [0.29, 0.717) is 16.7 Å². The molecule has 0 atom stereocenters. The van der Waals surface area contributed by atoms with E-state index in [1.807, 2.05) is 24.3 Å². The highest BCUT2D eigenvalue weighted by Crippen LogP contribution is 2.17. The molecule has 0 saturated carbocycles. The van der Waals surface area contributed by atoms with Crippen LogP contribution in [0, 0.1) is 0 Å². The molecule has 3 rings (SSSR count). The number of carbonyl (C=O) groups is 1. The van der Waals surface area contributed by atoms with Crippen LogP contribution in [0.15, 0.2) is 64.1 Å². The second-order valence-electron chi connectivity index (χ2n) is 5.22. The summed E-state index contributed by atoms with van der Waals surface area (Å²) >= 11 is 3.35. The smallest absolute Gasteiger partial charge is 0.326 e. The maximum absolute atomic E-state index is 12.3. The zero-order valence-corrected chi connectivity index (χ0v) is 14.8. The van der Waals surface area contributed by atoms with Gasteiger partial charge in [-0.25, -0.2) is 4.98 Å². The minimum absolute atomic E-state index is 0.0983. The molecule has 25 heavy (non-hydrogen) atoms. The number of fused-ring (bicyclic) bond motifs is 1. The third-order valence-corrected chi connectivity index (χ3v) is 3.94.